The highest BCUT2D eigenvalue weighted by atomic mass is 19.4. The Morgan fingerprint density at radius 3 is 2.55 bits per heavy atom. The van der Waals surface area contributed by atoms with Gasteiger partial charge in [0.1, 0.15) is 17.5 Å². The van der Waals surface area contributed by atoms with Crippen molar-refractivity contribution < 1.29 is 18.0 Å². The Hall–Kier alpha value is -2.84. The van der Waals surface area contributed by atoms with Gasteiger partial charge in [0.15, 0.2) is 0 Å². The molecule has 2 aromatic rings. The molecular weight excluding hydrogens is 383 g/mol. The lowest BCUT2D eigenvalue weighted by Gasteiger charge is -2.32. The number of rotatable bonds is 5. The lowest BCUT2D eigenvalue weighted by atomic mass is 9.95. The van der Waals surface area contributed by atoms with Crippen molar-refractivity contribution in [2.24, 2.45) is 5.92 Å². The minimum atomic E-state index is -4.44. The minimum absolute atomic E-state index is 0.0711. The molecule has 0 spiro atoms. The van der Waals surface area contributed by atoms with Crippen LogP contribution in [0.15, 0.2) is 30.3 Å². The van der Waals surface area contributed by atoms with E-state index in [2.05, 4.69) is 25.5 Å². The summed E-state index contributed by atoms with van der Waals surface area (Å²) in [6.45, 7) is 2.99. The second kappa shape index (κ2) is 8.67. The van der Waals surface area contributed by atoms with Crippen molar-refractivity contribution in [2.75, 3.05) is 30.4 Å². The van der Waals surface area contributed by atoms with Crippen LogP contribution in [0.2, 0.25) is 0 Å². The molecule has 1 aliphatic rings. The van der Waals surface area contributed by atoms with E-state index in [9.17, 15) is 18.0 Å². The maximum absolute atomic E-state index is 13.1. The van der Waals surface area contributed by atoms with Crippen LogP contribution in [-0.4, -0.2) is 36.0 Å². The Bertz CT molecular complexity index is 863. The van der Waals surface area contributed by atoms with Crippen LogP contribution >= 0.6 is 0 Å². The molecule has 1 aromatic carbocycles. The Balaban J connectivity index is 1.57. The Morgan fingerprint density at radius 1 is 1.21 bits per heavy atom. The summed E-state index contributed by atoms with van der Waals surface area (Å²) < 4.78 is 39.2. The van der Waals surface area contributed by atoms with Gasteiger partial charge in [-0.25, -0.2) is 9.97 Å². The molecule has 1 saturated heterocycles. The van der Waals surface area contributed by atoms with Crippen molar-refractivity contribution in [3.63, 3.8) is 0 Å². The maximum Gasteiger partial charge on any atom is 0.416 e. The normalized spacial score (nSPS) is 15.3. The van der Waals surface area contributed by atoms with Gasteiger partial charge in [0.05, 0.1) is 5.56 Å². The molecule has 1 aromatic heterocycles. The standard InChI is InChI=1S/C20H24F3N5O/c1-13-26-17(24-2)11-18(27-13)28-9-7-14(8-10-28)19(29)25-12-15-5-3-4-6-16(15)20(21,22)23/h3-6,11,14H,7-10,12H2,1-2H3,(H,25,29)(H,24,26,27). The first-order chi connectivity index (χ1) is 13.8. The molecule has 9 heteroatoms. The van der Waals surface area contributed by atoms with E-state index < -0.39 is 11.7 Å². The zero-order chi connectivity index (χ0) is 21.0. The van der Waals surface area contributed by atoms with Gasteiger partial charge in [0.25, 0.3) is 0 Å². The molecule has 0 bridgehead atoms. The van der Waals surface area contributed by atoms with Gasteiger partial charge in [-0.05, 0) is 31.4 Å². The average Bonchev–Trinajstić information content (AvgIpc) is 2.71. The zero-order valence-corrected chi connectivity index (χ0v) is 16.4. The maximum atomic E-state index is 13.1. The number of nitrogens with zero attached hydrogens (tertiary/aromatic N) is 3. The summed E-state index contributed by atoms with van der Waals surface area (Å²) in [5.74, 6) is 1.76. The van der Waals surface area contributed by atoms with Crippen LogP contribution in [-0.2, 0) is 17.5 Å². The van der Waals surface area contributed by atoms with Gasteiger partial charge in [-0.1, -0.05) is 18.2 Å². The van der Waals surface area contributed by atoms with E-state index in [0.29, 0.717) is 31.8 Å². The molecule has 0 aliphatic carbocycles. The molecule has 1 aliphatic heterocycles. The highest BCUT2D eigenvalue weighted by Gasteiger charge is 2.33. The summed E-state index contributed by atoms with van der Waals surface area (Å²) in [6.07, 6.45) is -3.20. The van der Waals surface area contributed by atoms with E-state index in [0.717, 1.165) is 17.7 Å². The SMILES string of the molecule is CNc1cc(N2CCC(C(=O)NCc3ccccc3C(F)(F)F)CC2)nc(C)n1. The number of anilines is 2. The summed E-state index contributed by atoms with van der Waals surface area (Å²) in [4.78, 5) is 23.3. The first-order valence-corrected chi connectivity index (χ1v) is 9.49. The van der Waals surface area contributed by atoms with E-state index in [4.69, 9.17) is 0 Å². The number of halogens is 3. The predicted molar refractivity (Wildman–Crippen MR) is 105 cm³/mol. The van der Waals surface area contributed by atoms with Crippen molar-refractivity contribution in [3.8, 4) is 0 Å². The van der Waals surface area contributed by atoms with Crippen LogP contribution in [0.25, 0.3) is 0 Å². The van der Waals surface area contributed by atoms with E-state index in [1.807, 2.05) is 13.0 Å². The number of hydrogen-bond acceptors (Lipinski definition) is 5. The highest BCUT2D eigenvalue weighted by molar-refractivity contribution is 5.79. The van der Waals surface area contributed by atoms with E-state index in [-0.39, 0.29) is 23.9 Å². The summed E-state index contributed by atoms with van der Waals surface area (Å²) in [5, 5.41) is 5.67. The molecule has 2 heterocycles. The Kier molecular flexibility index (Phi) is 6.24. The first kappa shape index (κ1) is 20.9. The fourth-order valence-corrected chi connectivity index (χ4v) is 3.49. The molecular formula is C20H24F3N5O. The first-order valence-electron chi connectivity index (χ1n) is 9.49. The number of carbonyl (C=O) groups excluding carboxylic acids is 1. The van der Waals surface area contributed by atoms with Gasteiger partial charge in [-0.2, -0.15) is 13.2 Å². The molecule has 29 heavy (non-hydrogen) atoms. The molecule has 1 fully saturated rings. The number of alkyl halides is 3. The summed E-state index contributed by atoms with van der Waals surface area (Å²) in [5.41, 5.74) is -0.642. The second-order valence-electron chi connectivity index (χ2n) is 7.04. The van der Waals surface area contributed by atoms with Crippen LogP contribution in [0, 0.1) is 12.8 Å². The lowest BCUT2D eigenvalue weighted by molar-refractivity contribution is -0.138. The number of amides is 1. The van der Waals surface area contributed by atoms with Crippen molar-refractivity contribution in [1.29, 1.82) is 0 Å². The fourth-order valence-electron chi connectivity index (χ4n) is 3.49. The molecule has 156 valence electrons. The van der Waals surface area contributed by atoms with Crippen molar-refractivity contribution in [2.45, 2.75) is 32.5 Å². The Morgan fingerprint density at radius 2 is 1.90 bits per heavy atom. The number of benzene rings is 1. The lowest BCUT2D eigenvalue weighted by Crippen LogP contribution is -2.41. The summed E-state index contributed by atoms with van der Waals surface area (Å²) >= 11 is 0. The second-order valence-corrected chi connectivity index (χ2v) is 7.04. The van der Waals surface area contributed by atoms with Crippen LogP contribution in [0.1, 0.15) is 29.8 Å². The molecule has 0 saturated carbocycles. The minimum Gasteiger partial charge on any atom is -0.373 e. The molecule has 0 unspecified atom stereocenters. The predicted octanol–water partition coefficient (Wildman–Crippen LogP) is 3.38. The summed E-state index contributed by atoms with van der Waals surface area (Å²) in [6, 6.07) is 7.17. The van der Waals surface area contributed by atoms with Gasteiger partial charge in [0, 0.05) is 38.7 Å². The average molecular weight is 407 g/mol. The zero-order valence-electron chi connectivity index (χ0n) is 16.4. The smallest absolute Gasteiger partial charge is 0.373 e. The number of aromatic nitrogens is 2. The molecule has 1 amide bonds. The van der Waals surface area contributed by atoms with Crippen LogP contribution in [0.3, 0.4) is 0 Å². The number of aryl methyl sites for hydroxylation is 1. The topological polar surface area (TPSA) is 70.2 Å². The number of carbonyl (C=O) groups is 1. The van der Waals surface area contributed by atoms with Gasteiger partial charge in [0.2, 0.25) is 5.91 Å². The van der Waals surface area contributed by atoms with Crippen LogP contribution in [0.4, 0.5) is 24.8 Å². The van der Waals surface area contributed by atoms with Gasteiger partial charge >= 0.3 is 6.18 Å². The number of hydrogen-bond donors (Lipinski definition) is 2. The van der Waals surface area contributed by atoms with Crippen molar-refractivity contribution >= 4 is 17.5 Å². The fraction of sp³-hybridized carbons (Fsp3) is 0.450. The highest BCUT2D eigenvalue weighted by Crippen LogP contribution is 2.32. The molecule has 3 rings (SSSR count). The van der Waals surface area contributed by atoms with Gasteiger partial charge in [-0.15, -0.1) is 0 Å². The van der Waals surface area contributed by atoms with Crippen molar-refractivity contribution in [3.05, 3.63) is 47.3 Å². The largest absolute Gasteiger partial charge is 0.416 e. The van der Waals surface area contributed by atoms with Crippen LogP contribution in [0.5, 0.6) is 0 Å². The van der Waals surface area contributed by atoms with E-state index >= 15 is 0 Å². The molecule has 2 N–H and O–H groups in total. The quantitative estimate of drug-likeness (QED) is 0.795. The van der Waals surface area contributed by atoms with E-state index in [1.165, 1.54) is 12.1 Å². The monoisotopic (exact) mass is 407 g/mol. The van der Waals surface area contributed by atoms with Gasteiger partial charge in [-0.3, -0.25) is 4.79 Å². The third-order valence-corrected chi connectivity index (χ3v) is 5.05. The number of nitrogens with one attached hydrogen (secondary N) is 2. The van der Waals surface area contributed by atoms with Crippen molar-refractivity contribution in [1.82, 2.24) is 15.3 Å². The van der Waals surface area contributed by atoms with Gasteiger partial charge < -0.3 is 15.5 Å². The number of piperidine rings is 1. The Labute approximate surface area is 167 Å². The molecule has 0 atom stereocenters. The third kappa shape index (κ3) is 5.16. The third-order valence-electron chi connectivity index (χ3n) is 5.05. The summed E-state index contributed by atoms with van der Waals surface area (Å²) in [7, 11) is 1.79. The molecule has 0 radical (unpaired) electrons. The van der Waals surface area contributed by atoms with Crippen LogP contribution < -0.4 is 15.5 Å². The molecule has 6 nitrogen and oxygen atoms in total. The van der Waals surface area contributed by atoms with E-state index in [1.54, 1.807) is 13.1 Å².